The van der Waals surface area contributed by atoms with Crippen molar-refractivity contribution >= 4 is 5.91 Å². The zero-order valence-corrected chi connectivity index (χ0v) is 13.0. The number of nitrogens with one attached hydrogen (secondary N) is 1. The van der Waals surface area contributed by atoms with E-state index in [2.05, 4.69) is 10.4 Å². The standard InChI is InChI=1S/C16H16F2N4O/c1-16(2,3)14(7-19)21-15(23)10-8-20-22(9-10)13-5-4-11(17)6-12(13)18/h4-6,8-9,14H,1-3H3,(H,21,23)/t14-/m1/s1. The van der Waals surface area contributed by atoms with Crippen LogP contribution in [0.15, 0.2) is 30.6 Å². The van der Waals surface area contributed by atoms with Crippen LogP contribution in [0, 0.1) is 28.4 Å². The number of amides is 1. The van der Waals surface area contributed by atoms with Gasteiger partial charge in [0.15, 0.2) is 5.82 Å². The number of carbonyl (C=O) groups excluding carboxylic acids is 1. The molecule has 0 bridgehead atoms. The number of halogens is 2. The Morgan fingerprint density at radius 1 is 1.39 bits per heavy atom. The Kier molecular flexibility index (Phi) is 4.45. The van der Waals surface area contributed by atoms with Crippen LogP contribution in [-0.4, -0.2) is 21.7 Å². The summed E-state index contributed by atoms with van der Waals surface area (Å²) in [6, 6.07) is 4.43. The third-order valence-corrected chi connectivity index (χ3v) is 3.27. The molecule has 1 atom stereocenters. The van der Waals surface area contributed by atoms with Gasteiger partial charge in [-0.25, -0.2) is 13.5 Å². The van der Waals surface area contributed by atoms with Crippen molar-refractivity contribution in [2.75, 3.05) is 0 Å². The van der Waals surface area contributed by atoms with Crippen molar-refractivity contribution < 1.29 is 13.6 Å². The molecule has 0 spiro atoms. The van der Waals surface area contributed by atoms with Gasteiger partial charge in [-0.1, -0.05) is 20.8 Å². The van der Waals surface area contributed by atoms with Gasteiger partial charge in [0.05, 0.1) is 17.8 Å². The van der Waals surface area contributed by atoms with Crippen molar-refractivity contribution in [3.8, 4) is 11.8 Å². The maximum atomic E-state index is 13.7. The Morgan fingerprint density at radius 3 is 2.65 bits per heavy atom. The first-order valence-corrected chi connectivity index (χ1v) is 6.93. The number of nitrogens with zero attached hydrogens (tertiary/aromatic N) is 3. The van der Waals surface area contributed by atoms with Gasteiger partial charge in [-0.2, -0.15) is 10.4 Å². The minimum absolute atomic E-state index is 0.0260. The van der Waals surface area contributed by atoms with Gasteiger partial charge < -0.3 is 5.32 Å². The first-order chi connectivity index (χ1) is 10.7. The largest absolute Gasteiger partial charge is 0.336 e. The fourth-order valence-electron chi connectivity index (χ4n) is 1.90. The molecular formula is C16H16F2N4O. The van der Waals surface area contributed by atoms with Crippen LogP contribution in [0.1, 0.15) is 31.1 Å². The molecule has 1 aromatic heterocycles. The fourth-order valence-corrected chi connectivity index (χ4v) is 1.90. The summed E-state index contributed by atoms with van der Waals surface area (Å²) >= 11 is 0. The summed E-state index contributed by atoms with van der Waals surface area (Å²) < 4.78 is 27.8. The van der Waals surface area contributed by atoms with Crippen LogP contribution in [0.3, 0.4) is 0 Å². The van der Waals surface area contributed by atoms with Crippen LogP contribution in [0.5, 0.6) is 0 Å². The van der Waals surface area contributed by atoms with E-state index in [1.54, 1.807) is 0 Å². The highest BCUT2D eigenvalue weighted by atomic mass is 19.1. The molecule has 0 aliphatic carbocycles. The summed E-state index contributed by atoms with van der Waals surface area (Å²) in [6.45, 7) is 5.50. The van der Waals surface area contributed by atoms with E-state index in [0.29, 0.717) is 0 Å². The number of rotatable bonds is 3. The minimum atomic E-state index is -0.787. The molecule has 1 heterocycles. The molecule has 0 aliphatic heterocycles. The number of carbonyl (C=O) groups is 1. The number of aromatic nitrogens is 2. The Labute approximate surface area is 132 Å². The maximum absolute atomic E-state index is 13.7. The number of hydrogen-bond acceptors (Lipinski definition) is 3. The lowest BCUT2D eigenvalue weighted by Crippen LogP contribution is -2.42. The van der Waals surface area contributed by atoms with E-state index in [1.807, 2.05) is 26.8 Å². The van der Waals surface area contributed by atoms with Gasteiger partial charge in [0, 0.05) is 12.3 Å². The molecule has 2 aromatic rings. The van der Waals surface area contributed by atoms with Crippen molar-refractivity contribution in [3.63, 3.8) is 0 Å². The molecule has 1 N–H and O–H groups in total. The molecule has 0 saturated carbocycles. The molecule has 7 heteroatoms. The first kappa shape index (κ1) is 16.6. The average molecular weight is 318 g/mol. The van der Waals surface area contributed by atoms with Gasteiger partial charge in [0.1, 0.15) is 17.5 Å². The fraction of sp³-hybridized carbons (Fsp3) is 0.312. The van der Waals surface area contributed by atoms with Crippen LogP contribution in [0.4, 0.5) is 8.78 Å². The van der Waals surface area contributed by atoms with E-state index in [9.17, 15) is 13.6 Å². The van der Waals surface area contributed by atoms with Crippen molar-refractivity contribution in [3.05, 3.63) is 47.8 Å². The van der Waals surface area contributed by atoms with E-state index in [4.69, 9.17) is 5.26 Å². The summed E-state index contributed by atoms with van der Waals surface area (Å²) in [7, 11) is 0. The quantitative estimate of drug-likeness (QED) is 0.946. The van der Waals surface area contributed by atoms with Gasteiger partial charge in [0.2, 0.25) is 0 Å². The number of nitriles is 1. The molecular weight excluding hydrogens is 302 g/mol. The third kappa shape index (κ3) is 3.72. The monoisotopic (exact) mass is 318 g/mol. The Hall–Kier alpha value is -2.75. The summed E-state index contributed by atoms with van der Waals surface area (Å²) in [6.07, 6.45) is 2.58. The molecule has 0 aliphatic rings. The molecule has 1 amide bonds. The first-order valence-electron chi connectivity index (χ1n) is 6.93. The molecule has 0 saturated heterocycles. The van der Waals surface area contributed by atoms with Gasteiger partial charge in [-0.15, -0.1) is 0 Å². The molecule has 1 aromatic carbocycles. The smallest absolute Gasteiger partial charge is 0.255 e. The molecule has 2 rings (SSSR count). The van der Waals surface area contributed by atoms with Crippen LogP contribution in [0.2, 0.25) is 0 Å². The summed E-state index contributed by atoms with van der Waals surface area (Å²) in [5.41, 5.74) is -0.222. The second-order valence-electron chi connectivity index (χ2n) is 6.17. The highest BCUT2D eigenvalue weighted by Crippen LogP contribution is 2.19. The Morgan fingerprint density at radius 2 is 2.09 bits per heavy atom. The highest BCUT2D eigenvalue weighted by molar-refractivity contribution is 5.94. The minimum Gasteiger partial charge on any atom is -0.336 e. The lowest BCUT2D eigenvalue weighted by atomic mass is 9.87. The van der Waals surface area contributed by atoms with Gasteiger partial charge in [-0.05, 0) is 17.5 Å². The zero-order chi connectivity index (χ0) is 17.2. The molecule has 0 radical (unpaired) electrons. The second-order valence-corrected chi connectivity index (χ2v) is 6.17. The molecule has 0 fully saturated rings. The van der Waals surface area contributed by atoms with Crippen LogP contribution < -0.4 is 5.32 Å². The van der Waals surface area contributed by atoms with E-state index in [0.717, 1.165) is 16.8 Å². The van der Waals surface area contributed by atoms with Crippen molar-refractivity contribution in [2.45, 2.75) is 26.8 Å². The third-order valence-electron chi connectivity index (χ3n) is 3.27. The van der Waals surface area contributed by atoms with Crippen LogP contribution >= 0.6 is 0 Å². The Balaban J connectivity index is 2.22. The van der Waals surface area contributed by atoms with Gasteiger partial charge in [0.25, 0.3) is 5.91 Å². The summed E-state index contributed by atoms with van der Waals surface area (Å²) in [5.74, 6) is -1.97. The van der Waals surface area contributed by atoms with Crippen LogP contribution in [-0.2, 0) is 0 Å². The van der Waals surface area contributed by atoms with Crippen molar-refractivity contribution in [1.82, 2.24) is 15.1 Å². The topological polar surface area (TPSA) is 70.7 Å². The lowest BCUT2D eigenvalue weighted by molar-refractivity contribution is 0.0922. The van der Waals surface area contributed by atoms with Gasteiger partial charge in [-0.3, -0.25) is 4.79 Å². The van der Waals surface area contributed by atoms with E-state index in [-0.39, 0.29) is 11.3 Å². The SMILES string of the molecule is CC(C)(C)[C@@H](C#N)NC(=O)c1cnn(-c2ccc(F)cc2F)c1. The second kappa shape index (κ2) is 6.16. The lowest BCUT2D eigenvalue weighted by Gasteiger charge is -2.25. The van der Waals surface area contributed by atoms with E-state index >= 15 is 0 Å². The van der Waals surface area contributed by atoms with E-state index in [1.165, 1.54) is 18.5 Å². The predicted octanol–water partition coefficient (Wildman–Crippen LogP) is 2.82. The molecule has 5 nitrogen and oxygen atoms in total. The average Bonchev–Trinajstić information content (AvgIpc) is 2.92. The predicted molar refractivity (Wildman–Crippen MR) is 79.8 cm³/mol. The maximum Gasteiger partial charge on any atom is 0.255 e. The summed E-state index contributed by atoms with van der Waals surface area (Å²) in [4.78, 5) is 12.2. The van der Waals surface area contributed by atoms with Crippen LogP contribution in [0.25, 0.3) is 5.69 Å². The number of benzene rings is 1. The van der Waals surface area contributed by atoms with E-state index < -0.39 is 29.0 Å². The highest BCUT2D eigenvalue weighted by Gasteiger charge is 2.26. The number of hydrogen-bond donors (Lipinski definition) is 1. The zero-order valence-electron chi connectivity index (χ0n) is 13.0. The molecule has 0 unspecified atom stereocenters. The van der Waals surface area contributed by atoms with Crippen molar-refractivity contribution in [1.29, 1.82) is 5.26 Å². The molecule has 23 heavy (non-hydrogen) atoms. The normalized spacial score (nSPS) is 12.5. The molecule has 120 valence electrons. The van der Waals surface area contributed by atoms with Crippen molar-refractivity contribution in [2.24, 2.45) is 5.41 Å². The van der Waals surface area contributed by atoms with Gasteiger partial charge >= 0.3 is 0 Å². The summed E-state index contributed by atoms with van der Waals surface area (Å²) in [5, 5.41) is 15.6. The Bertz CT molecular complexity index is 771.